The number of fused-ring (bicyclic) bond motifs is 1. The second kappa shape index (κ2) is 9.68. The lowest BCUT2D eigenvalue weighted by atomic mass is 9.95. The van der Waals surface area contributed by atoms with Crippen molar-refractivity contribution in [2.24, 2.45) is 0 Å². The van der Waals surface area contributed by atoms with Gasteiger partial charge in [-0.2, -0.15) is 13.2 Å². The summed E-state index contributed by atoms with van der Waals surface area (Å²) in [4.78, 5) is 0. The van der Waals surface area contributed by atoms with E-state index >= 15 is 0 Å². The smallest absolute Gasteiger partial charge is 0.166 e. The van der Waals surface area contributed by atoms with Crippen molar-refractivity contribution in [3.8, 4) is 44.5 Å². The molecule has 0 bridgehead atoms. The molecule has 6 aromatic rings. The van der Waals surface area contributed by atoms with Crippen LogP contribution in [0, 0.1) is 0 Å². The van der Waals surface area contributed by atoms with Gasteiger partial charge in [0.15, 0.2) is 0 Å². The van der Waals surface area contributed by atoms with Gasteiger partial charge in [-0.15, -0.1) is 0 Å². The zero-order valence-corrected chi connectivity index (χ0v) is 20.4. The fourth-order valence-corrected chi connectivity index (χ4v) is 4.83. The van der Waals surface area contributed by atoms with Gasteiger partial charge in [0.05, 0.1) is 5.56 Å². The van der Waals surface area contributed by atoms with Gasteiger partial charge in [0.1, 0.15) is 0 Å². The Hall–Kier alpha value is -4.63. The molecule has 0 aliphatic carbocycles. The van der Waals surface area contributed by atoms with Gasteiger partial charge in [-0.1, -0.05) is 115 Å². The Kier molecular flexibility index (Phi) is 6.05. The lowest BCUT2D eigenvalue weighted by Crippen LogP contribution is -2.04. The average Bonchev–Trinajstić information content (AvgIpc) is 2.97. The third kappa shape index (κ3) is 4.83. The summed E-state index contributed by atoms with van der Waals surface area (Å²) in [6.07, 6.45) is -4.36. The molecule has 0 saturated carbocycles. The first kappa shape index (κ1) is 23.7. The summed E-state index contributed by atoms with van der Waals surface area (Å²) in [6.45, 7) is 0. The minimum Gasteiger partial charge on any atom is -0.166 e. The van der Waals surface area contributed by atoms with E-state index in [-0.39, 0.29) is 0 Å². The van der Waals surface area contributed by atoms with Gasteiger partial charge >= 0.3 is 6.18 Å². The van der Waals surface area contributed by atoms with E-state index in [1.165, 1.54) is 34.0 Å². The molecule has 0 aromatic heterocycles. The monoisotopic (exact) mass is 500 g/mol. The Balaban J connectivity index is 1.25. The number of benzene rings is 6. The molecule has 6 aromatic carbocycles. The van der Waals surface area contributed by atoms with Crippen molar-refractivity contribution in [3.63, 3.8) is 0 Å². The van der Waals surface area contributed by atoms with Crippen molar-refractivity contribution < 1.29 is 13.2 Å². The molecule has 0 amide bonds. The van der Waals surface area contributed by atoms with Crippen LogP contribution in [0.25, 0.3) is 55.3 Å². The zero-order valence-electron chi connectivity index (χ0n) is 20.4. The highest BCUT2D eigenvalue weighted by Gasteiger charge is 2.30. The highest BCUT2D eigenvalue weighted by molar-refractivity contribution is 5.87. The molecule has 0 heterocycles. The normalized spacial score (nSPS) is 11.6. The molecular weight excluding hydrogens is 477 g/mol. The number of alkyl halides is 3. The molecule has 3 heteroatoms. The molecule has 6 rings (SSSR count). The van der Waals surface area contributed by atoms with Crippen LogP contribution in [0.1, 0.15) is 5.56 Å². The van der Waals surface area contributed by atoms with Crippen LogP contribution in [-0.2, 0) is 6.18 Å². The van der Waals surface area contributed by atoms with Gasteiger partial charge in [0.2, 0.25) is 0 Å². The van der Waals surface area contributed by atoms with E-state index in [9.17, 15) is 13.2 Å². The lowest BCUT2D eigenvalue weighted by molar-refractivity contribution is -0.137. The van der Waals surface area contributed by atoms with Crippen LogP contribution in [0.2, 0.25) is 0 Å². The van der Waals surface area contributed by atoms with Crippen molar-refractivity contribution in [1.29, 1.82) is 0 Å². The van der Waals surface area contributed by atoms with Gasteiger partial charge in [-0.05, 0) is 79.5 Å². The van der Waals surface area contributed by atoms with E-state index < -0.39 is 11.7 Å². The molecule has 38 heavy (non-hydrogen) atoms. The Bertz CT molecular complexity index is 1730. The van der Waals surface area contributed by atoms with Crippen LogP contribution >= 0.6 is 0 Å². The van der Waals surface area contributed by atoms with E-state index in [0.29, 0.717) is 5.56 Å². The molecule has 0 spiro atoms. The summed E-state index contributed by atoms with van der Waals surface area (Å²) >= 11 is 0. The summed E-state index contributed by atoms with van der Waals surface area (Å²) < 4.78 is 39.3. The van der Waals surface area contributed by atoms with Crippen molar-refractivity contribution in [2.75, 3.05) is 0 Å². The summed E-state index contributed by atoms with van der Waals surface area (Å²) in [7, 11) is 0. The van der Waals surface area contributed by atoms with Crippen molar-refractivity contribution in [2.45, 2.75) is 6.18 Å². The summed E-state index contributed by atoms with van der Waals surface area (Å²) in [6, 6.07) is 44.9. The van der Waals surface area contributed by atoms with Gasteiger partial charge in [-0.3, -0.25) is 0 Å². The van der Waals surface area contributed by atoms with Crippen molar-refractivity contribution in [3.05, 3.63) is 145 Å². The van der Waals surface area contributed by atoms with Crippen LogP contribution < -0.4 is 0 Å². The maximum Gasteiger partial charge on any atom is 0.416 e. The van der Waals surface area contributed by atoms with Crippen LogP contribution in [-0.4, -0.2) is 0 Å². The lowest BCUT2D eigenvalue weighted by Gasteiger charge is -2.10. The Morgan fingerprint density at radius 1 is 0.316 bits per heavy atom. The van der Waals surface area contributed by atoms with E-state index in [4.69, 9.17) is 0 Å². The predicted octanol–water partition coefficient (Wildman–Crippen LogP) is 10.5. The minimum atomic E-state index is -4.36. The van der Waals surface area contributed by atoms with Crippen molar-refractivity contribution in [1.82, 2.24) is 0 Å². The molecule has 184 valence electrons. The molecule has 0 N–H and O–H groups in total. The number of rotatable bonds is 4. The van der Waals surface area contributed by atoms with Crippen LogP contribution in [0.15, 0.2) is 140 Å². The second-order valence-corrected chi connectivity index (χ2v) is 9.38. The first-order valence-electron chi connectivity index (χ1n) is 12.4. The van der Waals surface area contributed by atoms with E-state index in [2.05, 4.69) is 78.9 Å². The average molecular weight is 501 g/mol. The molecule has 0 fully saturated rings. The Morgan fingerprint density at radius 3 is 1.26 bits per heavy atom. The molecule has 0 saturated heterocycles. The van der Waals surface area contributed by atoms with Gasteiger partial charge in [-0.25, -0.2) is 0 Å². The third-order valence-corrected chi connectivity index (χ3v) is 6.91. The molecule has 0 unspecified atom stereocenters. The maximum atomic E-state index is 13.1. The maximum absolute atomic E-state index is 13.1. The van der Waals surface area contributed by atoms with Crippen LogP contribution in [0.4, 0.5) is 13.2 Å². The molecular formula is C35H23F3. The number of hydrogen-bond acceptors (Lipinski definition) is 0. The third-order valence-electron chi connectivity index (χ3n) is 6.91. The van der Waals surface area contributed by atoms with E-state index in [1.54, 1.807) is 6.07 Å². The number of hydrogen-bond donors (Lipinski definition) is 0. The van der Waals surface area contributed by atoms with E-state index in [1.807, 2.05) is 36.4 Å². The zero-order chi connectivity index (χ0) is 26.1. The van der Waals surface area contributed by atoms with Gasteiger partial charge in [0, 0.05) is 0 Å². The molecule has 0 aliphatic rings. The standard InChI is InChI=1S/C35H23F3/c36-35(37,38)34-10-4-9-32(23-34)27-15-11-25(12-16-27)30-7-3-8-31(21-30)26-13-17-28(18-14-26)33-20-19-24-5-1-2-6-29(24)22-33/h1-23H. The highest BCUT2D eigenvalue weighted by Crippen LogP contribution is 2.34. The minimum absolute atomic E-state index is 0.548. The quantitative estimate of drug-likeness (QED) is 0.226. The second-order valence-electron chi connectivity index (χ2n) is 9.38. The molecule has 0 aliphatic heterocycles. The first-order valence-corrected chi connectivity index (χ1v) is 12.4. The molecule has 0 atom stereocenters. The summed E-state index contributed by atoms with van der Waals surface area (Å²) in [5.41, 5.74) is 7.30. The predicted molar refractivity (Wildman–Crippen MR) is 151 cm³/mol. The molecule has 0 radical (unpaired) electrons. The first-order chi connectivity index (χ1) is 18.4. The fraction of sp³-hybridized carbons (Fsp3) is 0.0286. The topological polar surface area (TPSA) is 0 Å². The number of halogens is 3. The Labute approximate surface area is 219 Å². The molecule has 0 nitrogen and oxygen atoms in total. The van der Waals surface area contributed by atoms with Crippen LogP contribution in [0.5, 0.6) is 0 Å². The fourth-order valence-electron chi connectivity index (χ4n) is 4.83. The van der Waals surface area contributed by atoms with E-state index in [0.717, 1.165) is 33.9 Å². The SMILES string of the molecule is FC(F)(F)c1cccc(-c2ccc(-c3cccc(-c4ccc(-c5ccc6ccccc6c5)cc4)c3)cc2)c1. The van der Waals surface area contributed by atoms with Crippen LogP contribution in [0.3, 0.4) is 0 Å². The summed E-state index contributed by atoms with van der Waals surface area (Å²) in [5, 5.41) is 2.45. The van der Waals surface area contributed by atoms with Gasteiger partial charge in [0.25, 0.3) is 0 Å². The summed E-state index contributed by atoms with van der Waals surface area (Å²) in [5.74, 6) is 0. The Morgan fingerprint density at radius 2 is 0.737 bits per heavy atom. The van der Waals surface area contributed by atoms with Gasteiger partial charge < -0.3 is 0 Å². The highest BCUT2D eigenvalue weighted by atomic mass is 19.4. The largest absolute Gasteiger partial charge is 0.416 e. The van der Waals surface area contributed by atoms with Crippen molar-refractivity contribution >= 4 is 10.8 Å².